The van der Waals surface area contributed by atoms with E-state index < -0.39 is 0 Å². The van der Waals surface area contributed by atoms with E-state index in [0.717, 1.165) is 12.8 Å². The molecule has 0 N–H and O–H groups in total. The molecule has 3 heteroatoms. The molecular weight excluding hydrogens is 607 g/mol. The molecule has 0 unspecified atom stereocenters. The Labute approximate surface area is 270 Å². The summed E-state index contributed by atoms with van der Waals surface area (Å²) >= 11 is 1.30. The van der Waals surface area contributed by atoms with Crippen molar-refractivity contribution in [1.82, 2.24) is 0 Å². The first-order valence-electron chi connectivity index (χ1n) is 12.9. The molecule has 4 aliphatic rings. The molecule has 7 rings (SSSR count). The van der Waals surface area contributed by atoms with Crippen LogP contribution < -0.4 is 0 Å². The molecule has 0 heterocycles. The molecule has 0 aliphatic heterocycles. The zero-order valence-electron chi connectivity index (χ0n) is 24.5. The van der Waals surface area contributed by atoms with Crippen molar-refractivity contribution in [2.75, 3.05) is 0 Å². The Hall–Kier alpha value is -2.05. The number of hydrogen-bond acceptors (Lipinski definition) is 0. The molecule has 0 fully saturated rings. The van der Waals surface area contributed by atoms with Gasteiger partial charge in [-0.2, -0.15) is 47.5 Å². The Morgan fingerprint density at radius 1 is 0.850 bits per heavy atom. The van der Waals surface area contributed by atoms with Crippen LogP contribution in [0.2, 0.25) is 0 Å². The molecule has 40 heavy (non-hydrogen) atoms. The molecule has 0 bridgehead atoms. The second-order valence-electron chi connectivity index (χ2n) is 10.9. The average Bonchev–Trinajstić information content (AvgIpc) is 3.68. The van der Waals surface area contributed by atoms with Gasteiger partial charge in [0.25, 0.3) is 0 Å². The third kappa shape index (κ3) is 7.82. The predicted molar refractivity (Wildman–Crippen MR) is 177 cm³/mol. The van der Waals surface area contributed by atoms with Crippen LogP contribution in [0.1, 0.15) is 73.1 Å². The summed E-state index contributed by atoms with van der Waals surface area (Å²) in [6.07, 6.45) is 21.4. The van der Waals surface area contributed by atoms with Crippen molar-refractivity contribution in [2.45, 2.75) is 58.3 Å². The van der Waals surface area contributed by atoms with Crippen LogP contribution in [0.15, 0.2) is 72.8 Å². The third-order valence-corrected chi connectivity index (χ3v) is 7.33. The second-order valence-corrected chi connectivity index (χ2v) is 10.9. The van der Waals surface area contributed by atoms with E-state index in [1.54, 1.807) is 0 Å². The van der Waals surface area contributed by atoms with Crippen molar-refractivity contribution >= 4 is 41.2 Å². The minimum atomic E-state index is 0. The zero-order chi connectivity index (χ0) is 26.6. The number of allylic oxidation sites excluding steroid dienone is 6. The fraction of sp³-hybridized carbons (Fsp3) is 0.243. The van der Waals surface area contributed by atoms with E-state index in [1.807, 2.05) is 36.4 Å². The molecule has 0 aromatic heterocycles. The van der Waals surface area contributed by atoms with E-state index in [9.17, 15) is 0 Å². The van der Waals surface area contributed by atoms with E-state index in [1.165, 1.54) is 74.3 Å². The van der Waals surface area contributed by atoms with Crippen molar-refractivity contribution in [1.29, 1.82) is 0 Å². The smallest absolute Gasteiger partial charge is 0.358 e. The Balaban J connectivity index is 0.000000394. The molecule has 3 aromatic carbocycles. The van der Waals surface area contributed by atoms with Gasteiger partial charge in [-0.25, -0.2) is 18.2 Å². The van der Waals surface area contributed by atoms with E-state index in [0.29, 0.717) is 0 Å². The minimum Gasteiger partial charge on any atom is -0.358 e. The normalized spacial score (nSPS) is 15.5. The van der Waals surface area contributed by atoms with Crippen LogP contribution >= 0.6 is 24.8 Å². The van der Waals surface area contributed by atoms with Crippen molar-refractivity contribution in [3.05, 3.63) is 137 Å². The number of hydrogen-bond donors (Lipinski definition) is 0. The molecule has 0 amide bonds. The predicted octanol–water partition coefficient (Wildman–Crippen LogP) is 10.0. The van der Waals surface area contributed by atoms with E-state index in [4.69, 9.17) is 0 Å². The first-order chi connectivity index (χ1) is 17.7. The summed E-state index contributed by atoms with van der Waals surface area (Å²) in [6.45, 7) is 11.2. The van der Waals surface area contributed by atoms with E-state index in [2.05, 4.69) is 106 Å². The summed E-state index contributed by atoms with van der Waals surface area (Å²) in [5.41, 5.74) is 13.0. The van der Waals surface area contributed by atoms with E-state index >= 15 is 0 Å². The number of aryl methyl sites for hydroxylation is 1. The average molecular weight is 647 g/mol. The van der Waals surface area contributed by atoms with Gasteiger partial charge in [0.05, 0.1) is 0 Å². The van der Waals surface area contributed by atoms with Crippen LogP contribution in [0.4, 0.5) is 0 Å². The van der Waals surface area contributed by atoms with Crippen molar-refractivity contribution in [2.24, 2.45) is 0 Å². The van der Waals surface area contributed by atoms with Gasteiger partial charge in [0, 0.05) is 5.41 Å². The standard InChI is InChI=1S/C23H21.C7H7.C5H5.CH3.CH2.2ClH.Zr/c1-22(2)7-5-14-10-18-16(12-20(14)22)9-17-13-21-15(11-19(17)18)6-8-23(21,3)4;1-7-5-3-2-4-6-7;1-2-4-5-3-1;;;;;/h5-7,10-13H,9H2,1-4H3;3-6H,1H3;1-3H,4H2;1H3;1H2;2*1H;/q4*-1;;;;. The molecule has 0 saturated heterocycles. The fourth-order valence-corrected chi connectivity index (χ4v) is 5.21. The summed E-state index contributed by atoms with van der Waals surface area (Å²) in [4.78, 5) is 0. The van der Waals surface area contributed by atoms with Crippen molar-refractivity contribution in [3.63, 3.8) is 0 Å². The number of halogens is 2. The Morgan fingerprint density at radius 2 is 1.45 bits per heavy atom. The summed E-state index contributed by atoms with van der Waals surface area (Å²) < 4.78 is 3.34. The second kappa shape index (κ2) is 15.3. The number of benzene rings is 3. The molecule has 0 nitrogen and oxygen atoms in total. The van der Waals surface area contributed by atoms with Gasteiger partial charge in [-0.1, -0.05) is 64.3 Å². The van der Waals surface area contributed by atoms with Gasteiger partial charge < -0.3 is 7.43 Å². The summed E-state index contributed by atoms with van der Waals surface area (Å²) in [6, 6.07) is 20.5. The Morgan fingerprint density at radius 3 is 1.95 bits per heavy atom. The largest absolute Gasteiger partial charge is 0.358 e. The maximum absolute atomic E-state index is 3.50. The van der Waals surface area contributed by atoms with Crippen LogP contribution in [0.25, 0.3) is 23.3 Å². The van der Waals surface area contributed by atoms with Crippen molar-refractivity contribution < 1.29 is 24.2 Å². The molecule has 210 valence electrons. The van der Waals surface area contributed by atoms with Gasteiger partial charge in [0.2, 0.25) is 0 Å². The molecule has 3 aromatic rings. The summed E-state index contributed by atoms with van der Waals surface area (Å²) in [5.74, 6) is 0. The fourth-order valence-electron chi connectivity index (χ4n) is 5.21. The minimum absolute atomic E-state index is 0. The maximum atomic E-state index is 3.50. The monoisotopic (exact) mass is 644 g/mol. The van der Waals surface area contributed by atoms with Gasteiger partial charge in [-0.05, 0) is 45.9 Å². The topological polar surface area (TPSA) is 0 Å². The first-order valence-corrected chi connectivity index (χ1v) is 14.6. The summed E-state index contributed by atoms with van der Waals surface area (Å²) in [7, 11) is 0. The Bertz CT molecular complexity index is 1320. The molecule has 4 aliphatic carbocycles. The first kappa shape index (κ1) is 36.0. The number of rotatable bonds is 0. The SMILES string of the molecule is CC1(C)[C-]=Cc2cc3c(cc21)Cc1cc2c(cc1-3)C=CC2(C)C.Cc1cc[c-]cc1.Cl.Cl.[C-]1=CC=CC1.[CH2]=[Zr].[CH3-]. The van der Waals surface area contributed by atoms with Gasteiger partial charge in [0.15, 0.2) is 0 Å². The van der Waals surface area contributed by atoms with E-state index in [-0.39, 0.29) is 43.1 Å². The molecule has 0 radical (unpaired) electrons. The van der Waals surface area contributed by atoms with Gasteiger partial charge >= 0.3 is 28.4 Å². The van der Waals surface area contributed by atoms with Gasteiger partial charge in [-0.3, -0.25) is 12.2 Å². The van der Waals surface area contributed by atoms with Crippen LogP contribution in [0.5, 0.6) is 0 Å². The molecule has 0 atom stereocenters. The van der Waals surface area contributed by atoms with Gasteiger partial charge in [0.1, 0.15) is 0 Å². The summed E-state index contributed by atoms with van der Waals surface area (Å²) in [5, 5.41) is 0. The molecular formula is C37H40Cl2Zr-4. The van der Waals surface area contributed by atoms with Crippen LogP contribution in [0, 0.1) is 32.6 Å². The van der Waals surface area contributed by atoms with Crippen LogP contribution in [-0.2, 0) is 41.5 Å². The Kier molecular flexibility index (Phi) is 13.7. The molecule has 0 spiro atoms. The van der Waals surface area contributed by atoms with Gasteiger partial charge in [-0.15, -0.1) is 42.9 Å². The van der Waals surface area contributed by atoms with Crippen LogP contribution in [-0.4, -0.2) is 4.21 Å². The number of fused-ring (bicyclic) bond motifs is 5. The maximum Gasteiger partial charge on any atom is -0.358 e. The third-order valence-electron chi connectivity index (χ3n) is 7.33. The zero-order valence-corrected chi connectivity index (χ0v) is 28.6. The quantitative estimate of drug-likeness (QED) is 0.167. The van der Waals surface area contributed by atoms with Crippen LogP contribution in [0.3, 0.4) is 0 Å². The van der Waals surface area contributed by atoms with Crippen molar-refractivity contribution in [3.8, 4) is 11.1 Å². The molecule has 0 saturated carbocycles.